The van der Waals surface area contributed by atoms with Crippen molar-refractivity contribution in [2.75, 3.05) is 12.4 Å². The molecule has 4 heterocycles. The molecule has 8 nitrogen and oxygen atoms in total. The van der Waals surface area contributed by atoms with E-state index in [-0.39, 0.29) is 24.3 Å². The highest BCUT2D eigenvalue weighted by molar-refractivity contribution is 6.32. The standard InChI is InChI=1S/C31H27ClN4O4/c1-16-21(32)12-11-20-27(16)34-30(39)31(20)26-25(23(35-31)13-18-14-33-22-9-5-4-8-19(18)22)28(37)36(29(26)38)15-17-7-3-6-10-24(17)40-2/h3-12,14,23,25-26,33,35H,13,15H2,1-2H3,(H,34,39)/t23-,25-,26+,31-/m1/s1. The molecule has 202 valence electrons. The van der Waals surface area contributed by atoms with Gasteiger partial charge in [-0.1, -0.05) is 54.1 Å². The summed E-state index contributed by atoms with van der Waals surface area (Å²) in [5.41, 5.74) is 3.30. The monoisotopic (exact) mass is 554 g/mol. The molecule has 4 atom stereocenters. The molecular formula is C31H27ClN4O4. The number of carbonyl (C=O) groups excluding carboxylic acids is 3. The molecule has 4 aromatic rings. The van der Waals surface area contributed by atoms with Gasteiger partial charge in [0.15, 0.2) is 0 Å². The highest BCUT2D eigenvalue weighted by atomic mass is 35.5. The fraction of sp³-hybridized carbons (Fsp3) is 0.258. The number of hydrogen-bond donors (Lipinski definition) is 3. The number of imide groups is 1. The first-order valence-electron chi connectivity index (χ1n) is 13.3. The molecule has 3 N–H and O–H groups in total. The van der Waals surface area contributed by atoms with Gasteiger partial charge >= 0.3 is 0 Å². The lowest BCUT2D eigenvalue weighted by atomic mass is 9.76. The predicted octanol–water partition coefficient (Wildman–Crippen LogP) is 4.30. The summed E-state index contributed by atoms with van der Waals surface area (Å²) in [5, 5.41) is 8.08. The average Bonchev–Trinajstić information content (AvgIpc) is 3.67. The number of methoxy groups -OCH3 is 1. The molecule has 3 aliphatic rings. The number of nitrogens with zero attached hydrogens (tertiary/aromatic N) is 1. The Hall–Kier alpha value is -4.14. The van der Waals surface area contributed by atoms with Gasteiger partial charge in [0.25, 0.3) is 0 Å². The van der Waals surface area contributed by atoms with Crippen LogP contribution in [0.4, 0.5) is 5.69 Å². The van der Waals surface area contributed by atoms with Crippen molar-refractivity contribution in [3.05, 3.63) is 94.1 Å². The molecule has 3 amide bonds. The van der Waals surface area contributed by atoms with Crippen molar-refractivity contribution in [2.24, 2.45) is 11.8 Å². The molecule has 0 radical (unpaired) electrons. The summed E-state index contributed by atoms with van der Waals surface area (Å²) in [6.45, 7) is 1.91. The molecule has 9 heteroatoms. The molecule has 3 aromatic carbocycles. The Bertz CT molecular complexity index is 1730. The van der Waals surface area contributed by atoms with Crippen molar-refractivity contribution in [3.63, 3.8) is 0 Å². The quantitative estimate of drug-likeness (QED) is 0.319. The summed E-state index contributed by atoms with van der Waals surface area (Å²) >= 11 is 6.40. The lowest BCUT2D eigenvalue weighted by molar-refractivity contribution is -0.143. The van der Waals surface area contributed by atoms with E-state index in [2.05, 4.69) is 15.6 Å². The molecule has 1 spiro atoms. The maximum atomic E-state index is 14.2. The van der Waals surface area contributed by atoms with E-state index in [1.165, 1.54) is 4.90 Å². The first-order chi connectivity index (χ1) is 19.3. The summed E-state index contributed by atoms with van der Waals surface area (Å²) in [4.78, 5) is 46.9. The van der Waals surface area contributed by atoms with Crippen molar-refractivity contribution in [1.82, 2.24) is 15.2 Å². The zero-order valence-corrected chi connectivity index (χ0v) is 22.7. The largest absolute Gasteiger partial charge is 0.496 e. The number of nitrogens with one attached hydrogen (secondary N) is 3. The summed E-state index contributed by atoms with van der Waals surface area (Å²) in [6, 6.07) is 18.4. The summed E-state index contributed by atoms with van der Waals surface area (Å²) in [5.74, 6) is -2.05. The van der Waals surface area contributed by atoms with Crippen molar-refractivity contribution in [3.8, 4) is 5.75 Å². The lowest BCUT2D eigenvalue weighted by Crippen LogP contribution is -2.53. The molecule has 7 rings (SSSR count). The number of likely N-dealkylation sites (tertiary alicyclic amines) is 1. The summed E-state index contributed by atoms with van der Waals surface area (Å²) < 4.78 is 5.49. The van der Waals surface area contributed by atoms with Crippen LogP contribution in [-0.4, -0.2) is 40.8 Å². The van der Waals surface area contributed by atoms with Crippen LogP contribution in [0.15, 0.2) is 66.9 Å². The van der Waals surface area contributed by atoms with Crippen LogP contribution in [0.1, 0.15) is 22.3 Å². The van der Waals surface area contributed by atoms with Gasteiger partial charge in [0.1, 0.15) is 11.3 Å². The first kappa shape index (κ1) is 24.9. The number of aromatic nitrogens is 1. The van der Waals surface area contributed by atoms with Gasteiger partial charge in [-0.3, -0.25) is 24.6 Å². The topological polar surface area (TPSA) is 104 Å². The van der Waals surface area contributed by atoms with Gasteiger partial charge in [-0.05, 0) is 42.7 Å². The lowest BCUT2D eigenvalue weighted by Gasteiger charge is -2.30. The number of para-hydroxylation sites is 2. The Kier molecular flexibility index (Phi) is 5.56. The second-order valence-electron chi connectivity index (χ2n) is 10.7. The first-order valence-corrected chi connectivity index (χ1v) is 13.6. The second kappa shape index (κ2) is 8.94. The molecule has 3 aliphatic heterocycles. The maximum Gasteiger partial charge on any atom is 0.250 e. The summed E-state index contributed by atoms with van der Waals surface area (Å²) in [7, 11) is 1.56. The third kappa shape index (κ3) is 3.33. The minimum atomic E-state index is -1.39. The molecule has 0 unspecified atom stereocenters. The number of fused-ring (bicyclic) bond motifs is 5. The van der Waals surface area contributed by atoms with Gasteiger partial charge < -0.3 is 15.0 Å². The minimum Gasteiger partial charge on any atom is -0.496 e. The fourth-order valence-electron chi connectivity index (χ4n) is 6.92. The number of hydrogen-bond acceptors (Lipinski definition) is 5. The van der Waals surface area contributed by atoms with Crippen LogP contribution in [0, 0.1) is 18.8 Å². The molecule has 2 fully saturated rings. The third-order valence-corrected chi connectivity index (χ3v) is 9.22. The van der Waals surface area contributed by atoms with Crippen LogP contribution < -0.4 is 15.4 Å². The van der Waals surface area contributed by atoms with Crippen LogP contribution in [0.5, 0.6) is 5.75 Å². The predicted molar refractivity (Wildman–Crippen MR) is 151 cm³/mol. The Morgan fingerprint density at radius 3 is 2.58 bits per heavy atom. The van der Waals surface area contributed by atoms with Gasteiger partial charge in [0.2, 0.25) is 17.7 Å². The minimum absolute atomic E-state index is 0.0681. The van der Waals surface area contributed by atoms with Gasteiger partial charge in [-0.15, -0.1) is 0 Å². The van der Waals surface area contributed by atoms with Crippen LogP contribution >= 0.6 is 11.6 Å². The van der Waals surface area contributed by atoms with E-state index in [1.807, 2.05) is 55.6 Å². The number of ether oxygens (including phenoxy) is 1. The number of H-pyrrole nitrogens is 1. The van der Waals surface area contributed by atoms with Crippen LogP contribution in [0.25, 0.3) is 10.9 Å². The molecule has 2 saturated heterocycles. The van der Waals surface area contributed by atoms with E-state index in [0.717, 1.165) is 27.6 Å². The van der Waals surface area contributed by atoms with Crippen molar-refractivity contribution in [1.29, 1.82) is 0 Å². The van der Waals surface area contributed by atoms with E-state index >= 15 is 0 Å². The van der Waals surface area contributed by atoms with Crippen LogP contribution in [0.2, 0.25) is 5.02 Å². The van der Waals surface area contributed by atoms with Crippen molar-refractivity contribution < 1.29 is 19.1 Å². The zero-order valence-electron chi connectivity index (χ0n) is 22.0. The van der Waals surface area contributed by atoms with E-state index in [4.69, 9.17) is 16.3 Å². The highest BCUT2D eigenvalue weighted by Crippen LogP contribution is 2.54. The Balaban J connectivity index is 1.35. The number of rotatable bonds is 5. The van der Waals surface area contributed by atoms with Crippen molar-refractivity contribution >= 4 is 45.9 Å². The fourth-order valence-corrected chi connectivity index (χ4v) is 7.08. The Morgan fingerprint density at radius 2 is 1.75 bits per heavy atom. The van der Waals surface area contributed by atoms with Gasteiger partial charge in [-0.25, -0.2) is 0 Å². The smallest absolute Gasteiger partial charge is 0.250 e. The molecule has 0 aliphatic carbocycles. The molecule has 1 aromatic heterocycles. The van der Waals surface area contributed by atoms with Crippen LogP contribution in [0.3, 0.4) is 0 Å². The Morgan fingerprint density at radius 1 is 0.975 bits per heavy atom. The Labute approximate surface area is 235 Å². The zero-order chi connectivity index (χ0) is 27.8. The normalized spacial score (nSPS) is 25.1. The molecule has 0 saturated carbocycles. The number of carbonyl (C=O) groups is 3. The number of aromatic amines is 1. The average molecular weight is 555 g/mol. The SMILES string of the molecule is COc1ccccc1CN1C(=O)[C@H]2[C@@H](C1=O)[C@@]1(N[C@@H]2Cc2c[nH]c3ccccc23)C(=O)Nc2c1ccc(Cl)c2C. The molecule has 0 bridgehead atoms. The van der Waals surface area contributed by atoms with E-state index < -0.39 is 23.4 Å². The second-order valence-corrected chi connectivity index (χ2v) is 11.2. The van der Waals surface area contributed by atoms with Gasteiger partial charge in [0.05, 0.1) is 31.2 Å². The van der Waals surface area contributed by atoms with E-state index in [0.29, 0.717) is 28.4 Å². The number of halogens is 1. The summed E-state index contributed by atoms with van der Waals surface area (Å²) in [6.07, 6.45) is 2.40. The van der Waals surface area contributed by atoms with Gasteiger partial charge in [0, 0.05) is 39.3 Å². The number of benzene rings is 3. The number of anilines is 1. The third-order valence-electron chi connectivity index (χ3n) is 8.81. The van der Waals surface area contributed by atoms with E-state index in [1.54, 1.807) is 25.3 Å². The molecule has 40 heavy (non-hydrogen) atoms. The van der Waals surface area contributed by atoms with Crippen molar-refractivity contribution in [2.45, 2.75) is 31.5 Å². The maximum absolute atomic E-state index is 14.2. The van der Waals surface area contributed by atoms with Crippen LogP contribution in [-0.2, 0) is 32.9 Å². The van der Waals surface area contributed by atoms with E-state index in [9.17, 15) is 14.4 Å². The molecular weight excluding hydrogens is 528 g/mol. The van der Waals surface area contributed by atoms with Gasteiger partial charge in [-0.2, -0.15) is 0 Å². The number of amides is 3. The highest BCUT2D eigenvalue weighted by Gasteiger charge is 2.70.